The predicted molar refractivity (Wildman–Crippen MR) is 161 cm³/mol. The SMILES string of the molecule is CC(C)(C)c1nc(-c2cccc(S(=O)(=O)Nc3c(F)cccc3F)c2F)c(-c2ccnc(NC3CCC(C(=O)O)CC3)n2)s1. The molecule has 2 aromatic heterocycles. The topological polar surface area (TPSA) is 134 Å². The summed E-state index contributed by atoms with van der Waals surface area (Å²) in [5.41, 5.74) is -0.927. The quantitative estimate of drug-likeness (QED) is 0.190. The second-order valence-corrected chi connectivity index (χ2v) is 14.2. The lowest BCUT2D eigenvalue weighted by atomic mass is 9.86. The Bertz CT molecular complexity index is 1800. The van der Waals surface area contributed by atoms with E-state index < -0.39 is 49.4 Å². The number of hydrogen-bond donors (Lipinski definition) is 3. The first-order valence-electron chi connectivity index (χ1n) is 13.8. The number of aliphatic carboxylic acids is 1. The molecule has 9 nitrogen and oxygen atoms in total. The van der Waals surface area contributed by atoms with Gasteiger partial charge in [0.15, 0.2) is 5.82 Å². The summed E-state index contributed by atoms with van der Waals surface area (Å²) in [6, 6.07) is 8.18. The Labute approximate surface area is 256 Å². The van der Waals surface area contributed by atoms with Crippen molar-refractivity contribution in [2.75, 3.05) is 10.0 Å². The maximum atomic E-state index is 16.1. The summed E-state index contributed by atoms with van der Waals surface area (Å²) in [6.07, 6.45) is 3.90. The fourth-order valence-electron chi connectivity index (χ4n) is 4.90. The first-order chi connectivity index (χ1) is 20.7. The number of benzene rings is 2. The van der Waals surface area contributed by atoms with E-state index in [2.05, 4.69) is 15.3 Å². The molecule has 1 saturated carbocycles. The van der Waals surface area contributed by atoms with Gasteiger partial charge in [-0.3, -0.25) is 9.52 Å². The largest absolute Gasteiger partial charge is 0.481 e. The minimum absolute atomic E-state index is 0.0157. The van der Waals surface area contributed by atoms with Gasteiger partial charge in [0.05, 0.1) is 27.2 Å². The second kappa shape index (κ2) is 12.2. The van der Waals surface area contributed by atoms with E-state index in [-0.39, 0.29) is 23.2 Å². The minimum Gasteiger partial charge on any atom is -0.481 e. The monoisotopic (exact) mass is 645 g/mol. The van der Waals surface area contributed by atoms with Gasteiger partial charge in [-0.2, -0.15) is 0 Å². The number of nitrogens with one attached hydrogen (secondary N) is 2. The Morgan fingerprint density at radius 3 is 2.27 bits per heavy atom. The van der Waals surface area contributed by atoms with Crippen molar-refractivity contribution in [2.24, 2.45) is 5.92 Å². The molecule has 0 aliphatic heterocycles. The van der Waals surface area contributed by atoms with Gasteiger partial charge in [0.2, 0.25) is 5.95 Å². The molecule has 5 rings (SSSR count). The van der Waals surface area contributed by atoms with E-state index in [0.29, 0.717) is 47.2 Å². The molecule has 0 saturated heterocycles. The molecular weight excluding hydrogens is 615 g/mol. The van der Waals surface area contributed by atoms with Crippen LogP contribution in [-0.2, 0) is 20.2 Å². The third-order valence-electron chi connectivity index (χ3n) is 7.27. The third kappa shape index (κ3) is 6.55. The van der Waals surface area contributed by atoms with Crippen LogP contribution >= 0.6 is 11.3 Å². The van der Waals surface area contributed by atoms with Gasteiger partial charge >= 0.3 is 5.97 Å². The van der Waals surface area contributed by atoms with E-state index in [0.717, 1.165) is 24.3 Å². The van der Waals surface area contributed by atoms with Gasteiger partial charge < -0.3 is 10.4 Å². The average Bonchev–Trinajstić information content (AvgIpc) is 3.42. The molecule has 44 heavy (non-hydrogen) atoms. The van der Waals surface area contributed by atoms with Crippen LogP contribution in [0.15, 0.2) is 53.6 Å². The number of halogens is 3. The van der Waals surface area contributed by atoms with Crippen LogP contribution in [0.1, 0.15) is 51.5 Å². The van der Waals surface area contributed by atoms with E-state index >= 15 is 4.39 Å². The van der Waals surface area contributed by atoms with Gasteiger partial charge in [-0.1, -0.05) is 32.9 Å². The van der Waals surface area contributed by atoms with E-state index in [9.17, 15) is 27.1 Å². The molecule has 1 aliphatic carbocycles. The number of thiazole rings is 1. The molecule has 0 spiro atoms. The van der Waals surface area contributed by atoms with Gasteiger partial charge in [-0.25, -0.2) is 36.5 Å². The van der Waals surface area contributed by atoms with Crippen molar-refractivity contribution in [3.05, 3.63) is 71.1 Å². The molecule has 14 heteroatoms. The number of rotatable bonds is 8. The Balaban J connectivity index is 1.52. The highest BCUT2D eigenvalue weighted by atomic mass is 32.2. The first-order valence-corrected chi connectivity index (χ1v) is 16.1. The molecule has 0 radical (unpaired) electrons. The van der Waals surface area contributed by atoms with Crippen molar-refractivity contribution >= 4 is 39.0 Å². The molecule has 232 valence electrons. The number of sulfonamides is 1. The Morgan fingerprint density at radius 2 is 1.64 bits per heavy atom. The predicted octanol–water partition coefficient (Wildman–Crippen LogP) is 6.84. The summed E-state index contributed by atoms with van der Waals surface area (Å²) < 4.78 is 72.7. The van der Waals surface area contributed by atoms with Crippen LogP contribution in [0.4, 0.5) is 24.8 Å². The molecular formula is C30H30F3N5O4S2. The van der Waals surface area contributed by atoms with Gasteiger partial charge in [-0.05, 0) is 56.0 Å². The zero-order valence-electron chi connectivity index (χ0n) is 24.1. The molecule has 0 unspecified atom stereocenters. The number of carboxylic acids is 1. The van der Waals surface area contributed by atoms with Crippen LogP contribution in [0, 0.1) is 23.4 Å². The van der Waals surface area contributed by atoms with Crippen LogP contribution in [0.3, 0.4) is 0 Å². The molecule has 0 amide bonds. The van der Waals surface area contributed by atoms with Crippen molar-refractivity contribution in [1.29, 1.82) is 0 Å². The number of carboxylic acid groups (broad SMARTS) is 1. The number of nitrogens with zero attached hydrogens (tertiary/aromatic N) is 3. The first kappa shape index (κ1) is 31.4. The lowest BCUT2D eigenvalue weighted by Gasteiger charge is -2.26. The van der Waals surface area contributed by atoms with Crippen molar-refractivity contribution in [3.8, 4) is 21.8 Å². The number of hydrogen-bond acceptors (Lipinski definition) is 8. The third-order valence-corrected chi connectivity index (χ3v) is 10.1. The summed E-state index contributed by atoms with van der Waals surface area (Å²) in [7, 11) is -4.75. The van der Waals surface area contributed by atoms with E-state index in [1.165, 1.54) is 29.7 Å². The fraction of sp³-hybridized carbons (Fsp3) is 0.333. The van der Waals surface area contributed by atoms with Crippen molar-refractivity contribution < 1.29 is 31.5 Å². The zero-order chi connectivity index (χ0) is 31.8. The number of aromatic nitrogens is 3. The van der Waals surface area contributed by atoms with Gasteiger partial charge in [0.25, 0.3) is 10.0 Å². The zero-order valence-corrected chi connectivity index (χ0v) is 25.7. The standard InChI is InChI=1S/C30H30F3N5O4S2/c1-30(2,3)28-37-24(18-6-4-9-22(23(18)33)44(41,42)38-25-19(31)7-5-8-20(25)32)26(43-28)21-14-15-34-29(36-21)35-17-12-10-16(11-13-17)27(39)40/h4-9,14-17,38H,10-13H2,1-3H3,(H,39,40)(H,34,35,36). The number of anilines is 2. The number of carbonyl (C=O) groups is 1. The van der Waals surface area contributed by atoms with Crippen molar-refractivity contribution in [3.63, 3.8) is 0 Å². The highest BCUT2D eigenvalue weighted by molar-refractivity contribution is 7.92. The molecule has 2 heterocycles. The summed E-state index contributed by atoms with van der Waals surface area (Å²) in [5.74, 6) is -4.30. The molecule has 3 N–H and O–H groups in total. The van der Waals surface area contributed by atoms with Gasteiger partial charge in [0.1, 0.15) is 22.2 Å². The summed E-state index contributed by atoms with van der Waals surface area (Å²) in [5, 5.41) is 13.2. The Kier molecular flexibility index (Phi) is 8.67. The maximum absolute atomic E-state index is 16.1. The van der Waals surface area contributed by atoms with Crippen molar-refractivity contribution in [1.82, 2.24) is 15.0 Å². The summed E-state index contributed by atoms with van der Waals surface area (Å²) in [6.45, 7) is 5.80. The van der Waals surface area contributed by atoms with Crippen LogP contribution in [0.25, 0.3) is 21.8 Å². The highest BCUT2D eigenvalue weighted by Crippen LogP contribution is 2.42. The maximum Gasteiger partial charge on any atom is 0.306 e. The van der Waals surface area contributed by atoms with Gasteiger partial charge in [-0.15, -0.1) is 11.3 Å². The molecule has 0 atom stereocenters. The van der Waals surface area contributed by atoms with Crippen LogP contribution in [-0.4, -0.2) is 40.5 Å². The Morgan fingerprint density at radius 1 is 0.977 bits per heavy atom. The molecule has 0 bridgehead atoms. The molecule has 1 aliphatic rings. The van der Waals surface area contributed by atoms with E-state index in [1.54, 1.807) is 6.07 Å². The molecule has 4 aromatic rings. The van der Waals surface area contributed by atoms with E-state index in [4.69, 9.17) is 4.98 Å². The normalized spacial score (nSPS) is 17.3. The van der Waals surface area contributed by atoms with Gasteiger partial charge in [0, 0.05) is 23.2 Å². The summed E-state index contributed by atoms with van der Waals surface area (Å²) >= 11 is 1.28. The average molecular weight is 646 g/mol. The van der Waals surface area contributed by atoms with Crippen molar-refractivity contribution in [2.45, 2.75) is 62.8 Å². The van der Waals surface area contributed by atoms with E-state index in [1.807, 2.05) is 25.5 Å². The second-order valence-electron chi connectivity index (χ2n) is 11.6. The smallest absolute Gasteiger partial charge is 0.306 e. The fourth-order valence-corrected chi connectivity index (χ4v) is 7.19. The van der Waals surface area contributed by atoms with Crippen LogP contribution in [0.5, 0.6) is 0 Å². The lowest BCUT2D eigenvalue weighted by Crippen LogP contribution is -2.29. The molecule has 2 aromatic carbocycles. The minimum atomic E-state index is -4.75. The molecule has 1 fully saturated rings. The number of para-hydroxylation sites is 1. The van der Waals surface area contributed by atoms with Crippen LogP contribution in [0.2, 0.25) is 0 Å². The van der Waals surface area contributed by atoms with Crippen LogP contribution < -0.4 is 10.0 Å². The summed E-state index contributed by atoms with van der Waals surface area (Å²) in [4.78, 5) is 24.6. The Hall–Kier alpha value is -4.04. The highest BCUT2D eigenvalue weighted by Gasteiger charge is 2.30. The lowest BCUT2D eigenvalue weighted by molar-refractivity contribution is -0.142.